The van der Waals surface area contributed by atoms with Gasteiger partial charge in [-0.3, -0.25) is 9.69 Å². The highest BCUT2D eigenvalue weighted by Crippen LogP contribution is 2.36. The first-order chi connectivity index (χ1) is 10.5. The highest BCUT2D eigenvalue weighted by molar-refractivity contribution is 8.27. The maximum atomic E-state index is 12.6. The fraction of sp³-hybridized carbons (Fsp3) is 0.111. The number of benzene rings is 2. The largest absolute Gasteiger partial charge is 0.270 e. The van der Waals surface area contributed by atoms with Crippen molar-refractivity contribution in [2.24, 2.45) is 0 Å². The van der Waals surface area contributed by atoms with Crippen LogP contribution in [0.5, 0.6) is 0 Å². The third-order valence-electron chi connectivity index (χ3n) is 3.43. The molecule has 22 heavy (non-hydrogen) atoms. The molecule has 0 aromatic heterocycles. The molecule has 1 amide bonds. The van der Waals surface area contributed by atoms with Crippen molar-refractivity contribution in [3.05, 3.63) is 70.1 Å². The number of carbonyl (C=O) groups excluding carboxylic acids is 1. The van der Waals surface area contributed by atoms with Crippen LogP contribution in [0.1, 0.15) is 16.7 Å². The van der Waals surface area contributed by atoms with E-state index in [1.54, 1.807) is 4.90 Å². The van der Waals surface area contributed by atoms with Gasteiger partial charge in [0.15, 0.2) is 4.32 Å². The first-order valence-corrected chi connectivity index (χ1v) is 8.18. The number of thiocarbonyl (C=S) groups is 1. The maximum Gasteiger partial charge on any atom is 0.270 e. The lowest BCUT2D eigenvalue weighted by atomic mass is 10.1. The van der Waals surface area contributed by atoms with Gasteiger partial charge in [0, 0.05) is 0 Å². The lowest BCUT2D eigenvalue weighted by Crippen LogP contribution is -2.27. The number of nitrogens with zero attached hydrogens (tertiary/aromatic N) is 1. The van der Waals surface area contributed by atoms with Gasteiger partial charge >= 0.3 is 0 Å². The second-order valence-electron chi connectivity index (χ2n) is 5.27. The highest BCUT2D eigenvalue weighted by atomic mass is 32.2. The average molecular weight is 325 g/mol. The number of amides is 1. The van der Waals surface area contributed by atoms with Gasteiger partial charge in [0.05, 0.1) is 10.6 Å². The zero-order chi connectivity index (χ0) is 15.7. The summed E-state index contributed by atoms with van der Waals surface area (Å²) in [5.41, 5.74) is 4.14. The fourth-order valence-corrected chi connectivity index (χ4v) is 3.57. The molecule has 0 aliphatic carbocycles. The third kappa shape index (κ3) is 2.98. The van der Waals surface area contributed by atoms with Crippen LogP contribution in [0.4, 0.5) is 5.69 Å². The summed E-state index contributed by atoms with van der Waals surface area (Å²) in [4.78, 5) is 14.9. The lowest BCUT2D eigenvalue weighted by molar-refractivity contribution is -0.113. The predicted molar refractivity (Wildman–Crippen MR) is 98.0 cm³/mol. The normalized spacial score (nSPS) is 16.6. The van der Waals surface area contributed by atoms with Gasteiger partial charge in [-0.05, 0) is 43.2 Å². The molecule has 1 heterocycles. The Hall–Kier alpha value is -1.91. The Morgan fingerprint density at radius 3 is 2.45 bits per heavy atom. The Kier molecular flexibility index (Phi) is 4.14. The van der Waals surface area contributed by atoms with Gasteiger partial charge in [-0.1, -0.05) is 65.9 Å². The molecule has 1 saturated heterocycles. The Labute approximate surface area is 139 Å². The zero-order valence-electron chi connectivity index (χ0n) is 12.4. The van der Waals surface area contributed by atoms with E-state index < -0.39 is 0 Å². The Bertz CT molecular complexity index is 778. The average Bonchev–Trinajstić information content (AvgIpc) is 2.76. The summed E-state index contributed by atoms with van der Waals surface area (Å²) >= 11 is 6.73. The van der Waals surface area contributed by atoms with E-state index in [2.05, 4.69) is 0 Å². The van der Waals surface area contributed by atoms with Crippen LogP contribution in [0.15, 0.2) is 53.4 Å². The predicted octanol–water partition coefficient (Wildman–Crippen LogP) is 4.71. The van der Waals surface area contributed by atoms with E-state index in [0.717, 1.165) is 16.8 Å². The van der Waals surface area contributed by atoms with Crippen LogP contribution in [0.3, 0.4) is 0 Å². The van der Waals surface area contributed by atoms with Crippen molar-refractivity contribution in [2.75, 3.05) is 4.90 Å². The smallest absolute Gasteiger partial charge is 0.268 e. The van der Waals surface area contributed by atoms with Gasteiger partial charge in [0.1, 0.15) is 0 Å². The van der Waals surface area contributed by atoms with Crippen molar-refractivity contribution < 1.29 is 4.79 Å². The minimum absolute atomic E-state index is 0.0545. The summed E-state index contributed by atoms with van der Waals surface area (Å²) in [7, 11) is 0. The number of hydrogen-bond acceptors (Lipinski definition) is 3. The van der Waals surface area contributed by atoms with Crippen LogP contribution >= 0.6 is 24.0 Å². The van der Waals surface area contributed by atoms with E-state index in [1.165, 1.54) is 17.3 Å². The van der Waals surface area contributed by atoms with E-state index >= 15 is 0 Å². The number of thioether (sulfide) groups is 1. The van der Waals surface area contributed by atoms with Gasteiger partial charge in [-0.15, -0.1) is 0 Å². The summed E-state index contributed by atoms with van der Waals surface area (Å²) < 4.78 is 0.578. The zero-order valence-corrected chi connectivity index (χ0v) is 14.0. The van der Waals surface area contributed by atoms with Gasteiger partial charge in [0.25, 0.3) is 5.91 Å². The topological polar surface area (TPSA) is 20.3 Å². The molecular formula is C18H15NOS2. The maximum absolute atomic E-state index is 12.6. The molecule has 0 bridgehead atoms. The molecule has 2 aromatic carbocycles. The van der Waals surface area contributed by atoms with Crippen LogP contribution in [0, 0.1) is 13.8 Å². The number of aryl methyl sites for hydroxylation is 2. The summed E-state index contributed by atoms with van der Waals surface area (Å²) in [5.74, 6) is -0.0545. The van der Waals surface area contributed by atoms with Gasteiger partial charge in [-0.2, -0.15) is 0 Å². The number of carbonyl (C=O) groups is 1. The minimum atomic E-state index is -0.0545. The summed E-state index contributed by atoms with van der Waals surface area (Å²) in [6, 6.07) is 15.9. The number of hydrogen-bond donors (Lipinski definition) is 0. The number of anilines is 1. The van der Waals surface area contributed by atoms with Gasteiger partial charge in [0.2, 0.25) is 0 Å². The Morgan fingerprint density at radius 2 is 1.77 bits per heavy atom. The van der Waals surface area contributed by atoms with Crippen LogP contribution in [-0.2, 0) is 4.79 Å². The van der Waals surface area contributed by atoms with Crippen molar-refractivity contribution >= 4 is 46.0 Å². The molecule has 2 aromatic rings. The Morgan fingerprint density at radius 1 is 1.05 bits per heavy atom. The van der Waals surface area contributed by atoms with Crippen molar-refractivity contribution in [3.8, 4) is 0 Å². The molecule has 0 radical (unpaired) electrons. The molecular weight excluding hydrogens is 310 g/mol. The monoisotopic (exact) mass is 325 g/mol. The third-order valence-corrected chi connectivity index (χ3v) is 4.73. The molecule has 1 aliphatic rings. The molecule has 0 saturated carbocycles. The van der Waals surface area contributed by atoms with E-state index in [-0.39, 0.29) is 5.91 Å². The minimum Gasteiger partial charge on any atom is -0.268 e. The van der Waals surface area contributed by atoms with Crippen molar-refractivity contribution in [3.63, 3.8) is 0 Å². The molecule has 1 aliphatic heterocycles. The van der Waals surface area contributed by atoms with Crippen molar-refractivity contribution in [1.29, 1.82) is 0 Å². The molecule has 2 nitrogen and oxygen atoms in total. The first-order valence-electron chi connectivity index (χ1n) is 6.96. The Balaban J connectivity index is 1.93. The lowest BCUT2D eigenvalue weighted by Gasteiger charge is -2.14. The van der Waals surface area contributed by atoms with Crippen LogP contribution in [0.2, 0.25) is 0 Å². The molecule has 0 N–H and O–H groups in total. The van der Waals surface area contributed by atoms with E-state index in [9.17, 15) is 4.79 Å². The van der Waals surface area contributed by atoms with Crippen LogP contribution in [-0.4, -0.2) is 10.2 Å². The van der Waals surface area contributed by atoms with Gasteiger partial charge in [-0.25, -0.2) is 0 Å². The molecule has 1 fully saturated rings. The van der Waals surface area contributed by atoms with Crippen LogP contribution in [0.25, 0.3) is 6.08 Å². The fourth-order valence-electron chi connectivity index (χ4n) is 2.27. The van der Waals surface area contributed by atoms with Crippen molar-refractivity contribution in [1.82, 2.24) is 0 Å². The van der Waals surface area contributed by atoms with Crippen molar-refractivity contribution in [2.45, 2.75) is 13.8 Å². The molecule has 3 rings (SSSR count). The molecule has 4 heteroatoms. The van der Waals surface area contributed by atoms with E-state index in [0.29, 0.717) is 9.23 Å². The summed E-state index contributed by atoms with van der Waals surface area (Å²) in [6.07, 6.45) is 1.90. The molecule has 0 spiro atoms. The van der Waals surface area contributed by atoms with E-state index in [4.69, 9.17) is 12.2 Å². The highest BCUT2D eigenvalue weighted by Gasteiger charge is 2.33. The SMILES string of the molecule is Cc1ccc(/C=C2\SC(=S)N(c3cccc(C)c3)C2=O)cc1. The summed E-state index contributed by atoms with van der Waals surface area (Å²) in [5, 5.41) is 0. The second kappa shape index (κ2) is 6.07. The summed E-state index contributed by atoms with van der Waals surface area (Å²) in [6.45, 7) is 4.05. The van der Waals surface area contributed by atoms with E-state index in [1.807, 2.05) is 68.5 Å². The standard InChI is InChI=1S/C18H15NOS2/c1-12-6-8-14(9-7-12)11-16-17(20)19(18(21)22-16)15-5-3-4-13(2)10-15/h3-11H,1-2H3/b16-11-. The van der Waals surface area contributed by atoms with Gasteiger partial charge < -0.3 is 0 Å². The number of rotatable bonds is 2. The second-order valence-corrected chi connectivity index (χ2v) is 6.94. The van der Waals surface area contributed by atoms with Crippen LogP contribution < -0.4 is 4.90 Å². The molecule has 110 valence electrons. The first kappa shape index (κ1) is 15.0. The molecule has 0 unspecified atom stereocenters. The molecule has 0 atom stereocenters. The quantitative estimate of drug-likeness (QED) is 0.589.